The number of nitrogens with zero attached hydrogens (tertiary/aromatic N) is 2. The molecule has 0 aliphatic carbocycles. The molecule has 0 bridgehead atoms. The smallest absolute Gasteiger partial charge is 0.264 e. The van der Waals surface area contributed by atoms with E-state index in [2.05, 4.69) is 5.32 Å². The first-order valence-corrected chi connectivity index (χ1v) is 16.8. The second-order valence-electron chi connectivity index (χ2n) is 9.73. The lowest BCUT2D eigenvalue weighted by Crippen LogP contribution is -2.52. The Morgan fingerprint density at radius 3 is 2.31 bits per heavy atom. The van der Waals surface area contributed by atoms with Gasteiger partial charge < -0.3 is 15.0 Å². The number of halogens is 1. The van der Waals surface area contributed by atoms with Crippen LogP contribution in [-0.4, -0.2) is 56.6 Å². The lowest BCUT2D eigenvalue weighted by atomic mass is 10.1. The van der Waals surface area contributed by atoms with Gasteiger partial charge in [-0.05, 0) is 87.5 Å². The van der Waals surface area contributed by atoms with Crippen LogP contribution in [0.2, 0.25) is 5.02 Å². The number of ether oxygens (including phenoxy) is 1. The number of carbonyl (C=O) groups is 2. The Balaban J connectivity index is 2.08. The van der Waals surface area contributed by atoms with Gasteiger partial charge in [-0.15, -0.1) is 11.8 Å². The Labute approximate surface area is 258 Å². The zero-order chi connectivity index (χ0) is 30.9. The molecule has 8 nitrogen and oxygen atoms in total. The number of rotatable bonds is 14. The van der Waals surface area contributed by atoms with Gasteiger partial charge in [-0.2, -0.15) is 0 Å². The topological polar surface area (TPSA) is 96.0 Å². The number of amides is 2. The molecule has 42 heavy (non-hydrogen) atoms. The van der Waals surface area contributed by atoms with Crippen molar-refractivity contribution in [2.75, 3.05) is 23.7 Å². The van der Waals surface area contributed by atoms with E-state index >= 15 is 0 Å². The minimum Gasteiger partial charge on any atom is -0.492 e. The van der Waals surface area contributed by atoms with Gasteiger partial charge >= 0.3 is 0 Å². The number of para-hydroxylation sites is 2. The molecule has 0 saturated carbocycles. The Kier molecular flexibility index (Phi) is 12.1. The molecule has 2 unspecified atom stereocenters. The normalized spacial score (nSPS) is 12.7. The van der Waals surface area contributed by atoms with E-state index < -0.39 is 28.5 Å². The molecule has 0 aliphatic heterocycles. The van der Waals surface area contributed by atoms with E-state index in [0.29, 0.717) is 22.9 Å². The summed E-state index contributed by atoms with van der Waals surface area (Å²) in [5, 5.41) is 3.41. The van der Waals surface area contributed by atoms with Crippen LogP contribution in [-0.2, 0) is 26.2 Å². The maximum Gasteiger partial charge on any atom is 0.264 e. The van der Waals surface area contributed by atoms with Crippen LogP contribution in [0.25, 0.3) is 0 Å². The van der Waals surface area contributed by atoms with Gasteiger partial charge in [-0.25, -0.2) is 8.42 Å². The van der Waals surface area contributed by atoms with Crippen molar-refractivity contribution in [1.29, 1.82) is 0 Å². The summed E-state index contributed by atoms with van der Waals surface area (Å²) in [4.78, 5) is 29.6. The predicted molar refractivity (Wildman–Crippen MR) is 170 cm³/mol. The molecule has 2 amide bonds. The molecular weight excluding hydrogens is 594 g/mol. The third-order valence-electron chi connectivity index (χ3n) is 6.77. The molecule has 3 aromatic carbocycles. The highest BCUT2D eigenvalue weighted by molar-refractivity contribution is 7.98. The van der Waals surface area contributed by atoms with Gasteiger partial charge in [-0.1, -0.05) is 42.8 Å². The maximum atomic E-state index is 14.1. The average Bonchev–Trinajstić information content (AvgIpc) is 2.98. The first-order chi connectivity index (χ1) is 20.0. The summed E-state index contributed by atoms with van der Waals surface area (Å²) in [5.41, 5.74) is 0.928. The standard InChI is InChI=1S/C31H38ClN3O5S2/c1-6-22(3)33-31(37)23(4)34(20-24-11-10-12-25(32)19-24)30(36)21-35(28-13-8-9-14-29(28)40-7-2)42(38,39)27-17-15-26(41-5)16-18-27/h8-19,22-23H,6-7,20-21H2,1-5H3,(H,33,37). The highest BCUT2D eigenvalue weighted by atomic mass is 35.5. The van der Waals surface area contributed by atoms with Crippen LogP contribution in [0.15, 0.2) is 82.6 Å². The summed E-state index contributed by atoms with van der Waals surface area (Å²) in [6.07, 6.45) is 2.62. The second kappa shape index (κ2) is 15.3. The molecular formula is C31H38ClN3O5S2. The van der Waals surface area contributed by atoms with E-state index in [1.165, 1.54) is 28.8 Å². The summed E-state index contributed by atoms with van der Waals surface area (Å²) in [5.74, 6) is -0.574. The number of benzene rings is 3. The first kappa shape index (κ1) is 33.3. The van der Waals surface area contributed by atoms with Crippen LogP contribution in [0, 0.1) is 0 Å². The molecule has 0 aliphatic rings. The minimum atomic E-state index is -4.22. The van der Waals surface area contributed by atoms with Crippen molar-refractivity contribution in [2.24, 2.45) is 0 Å². The van der Waals surface area contributed by atoms with Gasteiger partial charge in [0.1, 0.15) is 18.3 Å². The van der Waals surface area contributed by atoms with E-state index in [9.17, 15) is 18.0 Å². The molecule has 226 valence electrons. The Bertz CT molecular complexity index is 1470. The van der Waals surface area contributed by atoms with Gasteiger partial charge in [0.15, 0.2) is 0 Å². The summed E-state index contributed by atoms with van der Waals surface area (Å²) in [6, 6.07) is 19.2. The third-order valence-corrected chi connectivity index (χ3v) is 9.52. The van der Waals surface area contributed by atoms with Crippen LogP contribution in [0.3, 0.4) is 0 Å². The van der Waals surface area contributed by atoms with Crippen molar-refractivity contribution < 1.29 is 22.7 Å². The lowest BCUT2D eigenvalue weighted by Gasteiger charge is -2.33. The summed E-state index contributed by atoms with van der Waals surface area (Å²) >= 11 is 7.71. The zero-order valence-electron chi connectivity index (χ0n) is 24.5. The molecule has 0 aromatic heterocycles. The van der Waals surface area contributed by atoms with Crippen molar-refractivity contribution in [3.8, 4) is 5.75 Å². The molecule has 0 radical (unpaired) electrons. The van der Waals surface area contributed by atoms with Crippen molar-refractivity contribution in [3.05, 3.63) is 83.4 Å². The number of thioether (sulfide) groups is 1. The molecule has 0 heterocycles. The van der Waals surface area contributed by atoms with Crippen molar-refractivity contribution in [3.63, 3.8) is 0 Å². The average molecular weight is 632 g/mol. The van der Waals surface area contributed by atoms with Crippen molar-refractivity contribution in [1.82, 2.24) is 10.2 Å². The van der Waals surface area contributed by atoms with Crippen LogP contribution >= 0.6 is 23.4 Å². The molecule has 3 rings (SSSR count). The monoisotopic (exact) mass is 631 g/mol. The minimum absolute atomic E-state index is 0.0309. The van der Waals surface area contributed by atoms with Crippen molar-refractivity contribution in [2.45, 2.75) is 62.5 Å². The quantitative estimate of drug-likeness (QED) is 0.220. The number of nitrogens with one attached hydrogen (secondary N) is 1. The Morgan fingerprint density at radius 1 is 1.00 bits per heavy atom. The van der Waals surface area contributed by atoms with E-state index in [1.54, 1.807) is 74.5 Å². The van der Waals surface area contributed by atoms with Gasteiger partial charge in [0.25, 0.3) is 10.0 Å². The fourth-order valence-corrected chi connectivity index (χ4v) is 6.25. The van der Waals surface area contributed by atoms with Crippen molar-refractivity contribution >= 4 is 50.9 Å². The zero-order valence-corrected chi connectivity index (χ0v) is 26.9. The molecule has 11 heteroatoms. The van der Waals surface area contributed by atoms with E-state index in [4.69, 9.17) is 16.3 Å². The first-order valence-electron chi connectivity index (χ1n) is 13.7. The van der Waals surface area contributed by atoms with Gasteiger partial charge in [0, 0.05) is 22.5 Å². The molecule has 0 saturated heterocycles. The van der Waals surface area contributed by atoms with Crippen LogP contribution in [0.4, 0.5) is 5.69 Å². The maximum absolute atomic E-state index is 14.1. The SMILES string of the molecule is CCOc1ccccc1N(CC(=O)N(Cc1cccc(Cl)c1)C(C)C(=O)NC(C)CC)S(=O)(=O)c1ccc(SC)cc1. The number of hydrogen-bond donors (Lipinski definition) is 1. The fourth-order valence-electron chi connectivity index (χ4n) is 4.21. The number of anilines is 1. The number of sulfonamides is 1. The van der Waals surface area contributed by atoms with Crippen LogP contribution in [0.1, 0.15) is 39.7 Å². The van der Waals surface area contributed by atoms with Gasteiger partial charge in [0.2, 0.25) is 11.8 Å². The third kappa shape index (κ3) is 8.42. The number of carbonyl (C=O) groups excluding carboxylic acids is 2. The molecule has 2 atom stereocenters. The van der Waals surface area contributed by atoms with Gasteiger partial charge in [0.05, 0.1) is 17.2 Å². The van der Waals surface area contributed by atoms with E-state index in [0.717, 1.165) is 15.6 Å². The van der Waals surface area contributed by atoms with Gasteiger partial charge in [-0.3, -0.25) is 13.9 Å². The highest BCUT2D eigenvalue weighted by Crippen LogP contribution is 2.33. The van der Waals surface area contributed by atoms with Crippen LogP contribution in [0.5, 0.6) is 5.75 Å². The van der Waals surface area contributed by atoms with E-state index in [1.807, 2.05) is 20.1 Å². The predicted octanol–water partition coefficient (Wildman–Crippen LogP) is 5.99. The molecule has 0 fully saturated rings. The summed E-state index contributed by atoms with van der Waals surface area (Å²) in [7, 11) is -4.22. The summed E-state index contributed by atoms with van der Waals surface area (Å²) < 4.78 is 35.1. The second-order valence-corrected chi connectivity index (χ2v) is 12.9. The Morgan fingerprint density at radius 2 is 1.69 bits per heavy atom. The molecule has 1 N–H and O–H groups in total. The lowest BCUT2D eigenvalue weighted by molar-refractivity contribution is -0.139. The fraction of sp³-hybridized carbons (Fsp3) is 0.355. The number of hydrogen-bond acceptors (Lipinski definition) is 6. The summed E-state index contributed by atoms with van der Waals surface area (Å²) in [6.45, 7) is 7.06. The molecule has 3 aromatic rings. The molecule has 0 spiro atoms. The van der Waals surface area contributed by atoms with E-state index in [-0.39, 0.29) is 29.1 Å². The highest BCUT2D eigenvalue weighted by Gasteiger charge is 2.34. The van der Waals surface area contributed by atoms with Crippen LogP contribution < -0.4 is 14.4 Å². The Hall–Kier alpha value is -3.21. The largest absolute Gasteiger partial charge is 0.492 e.